The molecule has 0 bridgehead atoms. The van der Waals surface area contributed by atoms with Crippen LogP contribution in [0.2, 0.25) is 0 Å². The van der Waals surface area contributed by atoms with Gasteiger partial charge in [0.2, 0.25) is 5.91 Å². The molecule has 2 aromatic carbocycles. The first-order valence-corrected chi connectivity index (χ1v) is 12.5. The molecule has 178 valence electrons. The third-order valence-electron chi connectivity index (χ3n) is 6.29. The minimum atomic E-state index is -0.428. The second-order valence-electron chi connectivity index (χ2n) is 9.14. The molecule has 4 rings (SSSR count). The molecule has 2 heterocycles. The fourth-order valence-electron chi connectivity index (χ4n) is 4.54. The SMILES string of the molecule is COC(=O)c1c(CC(C)C)csc1NC(=O)C1CCN(C(=O)c2cccc3ccccc23)CC1. The van der Waals surface area contributed by atoms with Crippen LogP contribution in [0.15, 0.2) is 47.8 Å². The molecule has 0 aliphatic carbocycles. The highest BCUT2D eigenvalue weighted by atomic mass is 32.1. The lowest BCUT2D eigenvalue weighted by Crippen LogP contribution is -2.41. The largest absolute Gasteiger partial charge is 0.465 e. The second-order valence-corrected chi connectivity index (χ2v) is 10.0. The number of nitrogens with zero attached hydrogens (tertiary/aromatic N) is 1. The van der Waals surface area contributed by atoms with E-state index in [0.717, 1.165) is 22.8 Å². The molecule has 3 aromatic rings. The summed E-state index contributed by atoms with van der Waals surface area (Å²) in [5.74, 6) is -0.369. The number of fused-ring (bicyclic) bond motifs is 1. The summed E-state index contributed by atoms with van der Waals surface area (Å²) in [4.78, 5) is 40.4. The minimum Gasteiger partial charge on any atom is -0.465 e. The third kappa shape index (κ3) is 4.99. The van der Waals surface area contributed by atoms with Gasteiger partial charge in [-0.25, -0.2) is 4.79 Å². The number of amides is 2. The van der Waals surface area contributed by atoms with E-state index in [0.29, 0.717) is 48.0 Å². The maximum Gasteiger partial charge on any atom is 0.341 e. The third-order valence-corrected chi connectivity index (χ3v) is 7.24. The number of methoxy groups -OCH3 is 1. The van der Waals surface area contributed by atoms with Crippen molar-refractivity contribution in [1.82, 2.24) is 4.90 Å². The van der Waals surface area contributed by atoms with Crippen molar-refractivity contribution in [3.8, 4) is 0 Å². The molecule has 1 fully saturated rings. The van der Waals surface area contributed by atoms with Crippen LogP contribution in [0.5, 0.6) is 0 Å². The van der Waals surface area contributed by atoms with Gasteiger partial charge in [-0.2, -0.15) is 0 Å². The smallest absolute Gasteiger partial charge is 0.341 e. The van der Waals surface area contributed by atoms with Crippen molar-refractivity contribution in [2.75, 3.05) is 25.5 Å². The highest BCUT2D eigenvalue weighted by Gasteiger charge is 2.30. The number of likely N-dealkylation sites (tertiary alicyclic amines) is 1. The first-order chi connectivity index (χ1) is 16.4. The van der Waals surface area contributed by atoms with E-state index in [1.165, 1.54) is 18.4 Å². The normalized spacial score (nSPS) is 14.4. The summed E-state index contributed by atoms with van der Waals surface area (Å²) in [7, 11) is 1.35. The van der Waals surface area contributed by atoms with E-state index in [1.54, 1.807) is 0 Å². The zero-order valence-corrected chi connectivity index (χ0v) is 20.6. The molecule has 0 atom stereocenters. The van der Waals surface area contributed by atoms with Crippen LogP contribution in [0.3, 0.4) is 0 Å². The van der Waals surface area contributed by atoms with E-state index >= 15 is 0 Å². The van der Waals surface area contributed by atoms with Gasteiger partial charge in [0.05, 0.1) is 12.7 Å². The number of ether oxygens (including phenoxy) is 1. The Morgan fingerprint density at radius 2 is 1.79 bits per heavy atom. The monoisotopic (exact) mass is 478 g/mol. The van der Waals surface area contributed by atoms with Gasteiger partial charge in [-0.3, -0.25) is 9.59 Å². The average molecular weight is 479 g/mol. The van der Waals surface area contributed by atoms with Gasteiger partial charge in [-0.15, -0.1) is 11.3 Å². The van der Waals surface area contributed by atoms with Crippen LogP contribution in [0.1, 0.15) is 53.0 Å². The lowest BCUT2D eigenvalue weighted by Gasteiger charge is -2.31. The Bertz CT molecular complexity index is 1200. The van der Waals surface area contributed by atoms with Crippen molar-refractivity contribution in [1.29, 1.82) is 0 Å². The lowest BCUT2D eigenvalue weighted by atomic mass is 9.94. The Morgan fingerprint density at radius 1 is 1.09 bits per heavy atom. The van der Waals surface area contributed by atoms with Gasteiger partial charge in [0.1, 0.15) is 5.00 Å². The van der Waals surface area contributed by atoms with Crippen LogP contribution in [0.4, 0.5) is 5.00 Å². The summed E-state index contributed by atoms with van der Waals surface area (Å²) in [5, 5.41) is 7.41. The molecular weight excluding hydrogens is 448 g/mol. The molecule has 7 heteroatoms. The molecule has 34 heavy (non-hydrogen) atoms. The van der Waals surface area contributed by atoms with Crippen molar-refractivity contribution in [2.45, 2.75) is 33.1 Å². The van der Waals surface area contributed by atoms with Crippen molar-refractivity contribution in [3.05, 3.63) is 64.5 Å². The van der Waals surface area contributed by atoms with Crippen molar-refractivity contribution in [3.63, 3.8) is 0 Å². The predicted molar refractivity (Wildman–Crippen MR) is 135 cm³/mol. The number of thiophene rings is 1. The molecule has 1 aliphatic rings. The molecule has 0 spiro atoms. The van der Waals surface area contributed by atoms with E-state index in [4.69, 9.17) is 4.74 Å². The minimum absolute atomic E-state index is 0.000203. The van der Waals surface area contributed by atoms with Gasteiger partial charge in [0, 0.05) is 24.6 Å². The average Bonchev–Trinajstić information content (AvgIpc) is 3.23. The van der Waals surface area contributed by atoms with Gasteiger partial charge < -0.3 is 15.0 Å². The Labute approximate surface area is 203 Å². The van der Waals surface area contributed by atoms with E-state index in [9.17, 15) is 14.4 Å². The van der Waals surface area contributed by atoms with Gasteiger partial charge >= 0.3 is 5.97 Å². The number of nitrogens with one attached hydrogen (secondary N) is 1. The Kier molecular flexibility index (Phi) is 7.32. The van der Waals surface area contributed by atoms with Crippen molar-refractivity contribution < 1.29 is 19.1 Å². The zero-order valence-electron chi connectivity index (χ0n) is 19.8. The fourth-order valence-corrected chi connectivity index (χ4v) is 5.51. The second kappa shape index (κ2) is 10.4. The summed E-state index contributed by atoms with van der Waals surface area (Å²) in [6.07, 6.45) is 1.91. The number of rotatable bonds is 6. The number of carbonyl (C=O) groups is 3. The van der Waals surface area contributed by atoms with Gasteiger partial charge in [0.15, 0.2) is 0 Å². The molecule has 2 amide bonds. The summed E-state index contributed by atoms with van der Waals surface area (Å²) in [6, 6.07) is 13.6. The quantitative estimate of drug-likeness (QED) is 0.483. The van der Waals surface area contributed by atoms with Crippen LogP contribution < -0.4 is 5.32 Å². The number of hydrogen-bond donors (Lipinski definition) is 1. The molecular formula is C27H30N2O4S. The summed E-state index contributed by atoms with van der Waals surface area (Å²) in [5.41, 5.74) is 2.05. The highest BCUT2D eigenvalue weighted by molar-refractivity contribution is 7.15. The van der Waals surface area contributed by atoms with E-state index in [2.05, 4.69) is 19.2 Å². The maximum atomic E-state index is 13.2. The Morgan fingerprint density at radius 3 is 2.50 bits per heavy atom. The molecule has 1 N–H and O–H groups in total. The molecule has 1 aromatic heterocycles. The lowest BCUT2D eigenvalue weighted by molar-refractivity contribution is -0.121. The first kappa shape index (κ1) is 24.0. The number of hydrogen-bond acceptors (Lipinski definition) is 5. The zero-order chi connectivity index (χ0) is 24.2. The van der Waals surface area contributed by atoms with Crippen molar-refractivity contribution in [2.24, 2.45) is 11.8 Å². The topological polar surface area (TPSA) is 75.7 Å². The number of esters is 1. The van der Waals surface area contributed by atoms with Crippen LogP contribution in [0, 0.1) is 11.8 Å². The van der Waals surface area contributed by atoms with Gasteiger partial charge in [-0.1, -0.05) is 50.2 Å². The standard InChI is InChI=1S/C27H30N2O4S/c1-17(2)15-20-16-34-25(23(20)27(32)33-3)28-24(30)19-11-13-29(14-12-19)26(31)22-10-6-8-18-7-4-5-9-21(18)22/h4-10,16-17,19H,11-15H2,1-3H3,(H,28,30). The van der Waals surface area contributed by atoms with Gasteiger partial charge in [0.25, 0.3) is 5.91 Å². The number of carbonyl (C=O) groups excluding carboxylic acids is 3. The molecule has 1 saturated heterocycles. The molecule has 0 saturated carbocycles. The van der Waals surface area contributed by atoms with Crippen LogP contribution in [-0.2, 0) is 16.0 Å². The van der Waals surface area contributed by atoms with Crippen molar-refractivity contribution >= 4 is 44.9 Å². The first-order valence-electron chi connectivity index (χ1n) is 11.7. The van der Waals surface area contributed by atoms with E-state index in [-0.39, 0.29) is 17.7 Å². The Balaban J connectivity index is 1.42. The van der Waals surface area contributed by atoms with Gasteiger partial charge in [-0.05, 0) is 53.0 Å². The molecule has 0 unspecified atom stereocenters. The molecule has 6 nitrogen and oxygen atoms in total. The summed E-state index contributed by atoms with van der Waals surface area (Å²) < 4.78 is 4.97. The Hall–Kier alpha value is -3.19. The van der Waals surface area contributed by atoms with E-state index < -0.39 is 5.97 Å². The maximum absolute atomic E-state index is 13.2. The summed E-state index contributed by atoms with van der Waals surface area (Å²) >= 11 is 1.36. The van der Waals surface area contributed by atoms with Crippen LogP contribution in [0.25, 0.3) is 10.8 Å². The predicted octanol–water partition coefficient (Wildman–Crippen LogP) is 5.38. The molecule has 0 radical (unpaired) electrons. The van der Waals surface area contributed by atoms with Crippen LogP contribution in [-0.4, -0.2) is 42.9 Å². The fraction of sp³-hybridized carbons (Fsp3) is 0.370. The number of anilines is 1. The molecule has 1 aliphatic heterocycles. The van der Waals surface area contributed by atoms with E-state index in [1.807, 2.05) is 52.7 Å². The van der Waals surface area contributed by atoms with Crippen LogP contribution >= 0.6 is 11.3 Å². The number of piperidine rings is 1. The number of benzene rings is 2. The summed E-state index contributed by atoms with van der Waals surface area (Å²) in [6.45, 7) is 5.22. The highest BCUT2D eigenvalue weighted by Crippen LogP contribution is 2.32.